The number of nitrogens with zero attached hydrogens (tertiary/aromatic N) is 3. The normalized spacial score (nSPS) is 14.6. The van der Waals surface area contributed by atoms with Crippen molar-refractivity contribution in [2.24, 2.45) is 0 Å². The van der Waals surface area contributed by atoms with Crippen LogP contribution in [0.1, 0.15) is 6.42 Å². The van der Waals surface area contributed by atoms with Crippen LogP contribution in [0.5, 0.6) is 5.75 Å². The Morgan fingerprint density at radius 2 is 1.81 bits per heavy atom. The van der Waals surface area contributed by atoms with Crippen molar-refractivity contribution in [2.45, 2.75) is 13.0 Å². The maximum atomic E-state index is 12.6. The summed E-state index contributed by atoms with van der Waals surface area (Å²) in [5.41, 5.74) is 2.34. The lowest BCUT2D eigenvalue weighted by Crippen LogP contribution is -2.48. The number of rotatable bonds is 5. The van der Waals surface area contributed by atoms with Gasteiger partial charge in [0.1, 0.15) is 5.75 Å². The van der Waals surface area contributed by atoms with Crippen molar-refractivity contribution in [3.05, 3.63) is 60.8 Å². The van der Waals surface area contributed by atoms with Gasteiger partial charge < -0.3 is 19.1 Å². The molecule has 2 aromatic carbocycles. The predicted octanol–water partition coefficient (Wildman–Crippen LogP) is 3.39. The van der Waals surface area contributed by atoms with Crippen molar-refractivity contribution in [1.82, 2.24) is 9.47 Å². The highest BCUT2D eigenvalue weighted by Crippen LogP contribution is 2.22. The average molecular weight is 363 g/mol. The monoisotopic (exact) mass is 363 g/mol. The maximum absolute atomic E-state index is 12.6. The lowest BCUT2D eigenvalue weighted by Gasteiger charge is -2.36. The van der Waals surface area contributed by atoms with E-state index in [-0.39, 0.29) is 5.91 Å². The maximum Gasteiger partial charge on any atom is 0.224 e. The summed E-state index contributed by atoms with van der Waals surface area (Å²) < 4.78 is 7.48. The number of anilines is 1. The third kappa shape index (κ3) is 3.77. The number of benzene rings is 2. The van der Waals surface area contributed by atoms with E-state index in [1.165, 1.54) is 10.9 Å². The Labute approximate surface area is 159 Å². The highest BCUT2D eigenvalue weighted by molar-refractivity contribution is 5.80. The van der Waals surface area contributed by atoms with Crippen molar-refractivity contribution >= 4 is 22.5 Å². The number of aryl methyl sites for hydroxylation is 1. The molecule has 0 bridgehead atoms. The largest absolute Gasteiger partial charge is 0.497 e. The molecule has 0 radical (unpaired) electrons. The molecular weight excluding hydrogens is 338 g/mol. The zero-order valence-corrected chi connectivity index (χ0v) is 15.7. The number of carbonyl (C=O) groups is 1. The third-order valence-corrected chi connectivity index (χ3v) is 5.30. The standard InChI is InChI=1S/C22H25N3O2/c1-27-20-7-4-6-19(17-20)23-13-15-25(16-14-23)22(26)10-12-24-11-9-18-5-2-3-8-21(18)24/h2-9,11,17H,10,12-16H2,1H3. The summed E-state index contributed by atoms with van der Waals surface area (Å²) >= 11 is 0. The Morgan fingerprint density at radius 3 is 2.63 bits per heavy atom. The molecule has 0 aliphatic carbocycles. The molecular formula is C22H25N3O2. The SMILES string of the molecule is COc1cccc(N2CCN(C(=O)CCn3ccc4ccccc43)CC2)c1. The molecule has 1 amide bonds. The summed E-state index contributed by atoms with van der Waals surface area (Å²) in [6.07, 6.45) is 2.61. The van der Waals surface area contributed by atoms with E-state index in [0.29, 0.717) is 6.42 Å². The van der Waals surface area contributed by atoms with Crippen LogP contribution < -0.4 is 9.64 Å². The molecule has 27 heavy (non-hydrogen) atoms. The average Bonchev–Trinajstić information content (AvgIpc) is 3.15. The summed E-state index contributed by atoms with van der Waals surface area (Å²) in [6.45, 7) is 3.96. The highest BCUT2D eigenvalue weighted by atomic mass is 16.5. The van der Waals surface area contributed by atoms with Crippen LogP contribution in [-0.2, 0) is 11.3 Å². The third-order valence-electron chi connectivity index (χ3n) is 5.30. The van der Waals surface area contributed by atoms with E-state index in [1.807, 2.05) is 29.2 Å². The topological polar surface area (TPSA) is 37.7 Å². The van der Waals surface area contributed by atoms with E-state index in [2.05, 4.69) is 46.0 Å². The van der Waals surface area contributed by atoms with Crippen LogP contribution >= 0.6 is 0 Å². The molecule has 1 aromatic heterocycles. The zero-order valence-electron chi connectivity index (χ0n) is 15.7. The number of hydrogen-bond acceptors (Lipinski definition) is 3. The molecule has 1 saturated heterocycles. The number of para-hydroxylation sites is 1. The fourth-order valence-electron chi connectivity index (χ4n) is 3.73. The van der Waals surface area contributed by atoms with Gasteiger partial charge in [-0.25, -0.2) is 0 Å². The van der Waals surface area contributed by atoms with Crippen molar-refractivity contribution in [3.63, 3.8) is 0 Å². The fraction of sp³-hybridized carbons (Fsp3) is 0.318. The number of piperazine rings is 1. The quantitative estimate of drug-likeness (QED) is 0.697. The van der Waals surface area contributed by atoms with Crippen LogP contribution in [-0.4, -0.2) is 48.7 Å². The lowest BCUT2D eigenvalue weighted by atomic mass is 10.2. The molecule has 1 aliphatic heterocycles. The molecule has 5 heteroatoms. The van der Waals surface area contributed by atoms with Crippen molar-refractivity contribution in [2.75, 3.05) is 38.2 Å². The van der Waals surface area contributed by atoms with Crippen LogP contribution in [0.4, 0.5) is 5.69 Å². The molecule has 0 spiro atoms. The van der Waals surface area contributed by atoms with Gasteiger partial charge in [-0.15, -0.1) is 0 Å². The van der Waals surface area contributed by atoms with Gasteiger partial charge in [-0.3, -0.25) is 4.79 Å². The molecule has 0 atom stereocenters. The van der Waals surface area contributed by atoms with Gasteiger partial charge in [-0.1, -0.05) is 24.3 Å². The second-order valence-corrected chi connectivity index (χ2v) is 6.89. The van der Waals surface area contributed by atoms with Crippen LogP contribution in [0.3, 0.4) is 0 Å². The Bertz CT molecular complexity index is 926. The van der Waals surface area contributed by atoms with Crippen LogP contribution in [0.2, 0.25) is 0 Å². The lowest BCUT2D eigenvalue weighted by molar-refractivity contribution is -0.131. The van der Waals surface area contributed by atoms with Crippen molar-refractivity contribution in [1.29, 1.82) is 0 Å². The summed E-state index contributed by atoms with van der Waals surface area (Å²) in [7, 11) is 1.68. The van der Waals surface area contributed by atoms with E-state index in [0.717, 1.165) is 44.2 Å². The number of methoxy groups -OCH3 is 1. The summed E-state index contributed by atoms with van der Waals surface area (Å²) in [4.78, 5) is 16.9. The Hall–Kier alpha value is -2.95. The predicted molar refractivity (Wildman–Crippen MR) is 108 cm³/mol. The first-order chi connectivity index (χ1) is 13.2. The summed E-state index contributed by atoms with van der Waals surface area (Å²) in [5, 5.41) is 1.22. The second-order valence-electron chi connectivity index (χ2n) is 6.89. The molecule has 3 aromatic rings. The number of hydrogen-bond donors (Lipinski definition) is 0. The molecule has 1 fully saturated rings. The minimum Gasteiger partial charge on any atom is -0.497 e. The second kappa shape index (κ2) is 7.74. The van der Waals surface area contributed by atoms with Gasteiger partial charge in [0.25, 0.3) is 0 Å². The van der Waals surface area contributed by atoms with E-state index in [4.69, 9.17) is 4.74 Å². The molecule has 1 aliphatic rings. The van der Waals surface area contributed by atoms with Gasteiger partial charge in [0.15, 0.2) is 0 Å². The smallest absolute Gasteiger partial charge is 0.224 e. The summed E-state index contributed by atoms with van der Waals surface area (Å²) in [6, 6.07) is 18.5. The highest BCUT2D eigenvalue weighted by Gasteiger charge is 2.21. The van der Waals surface area contributed by atoms with Crippen LogP contribution in [0.15, 0.2) is 60.8 Å². The molecule has 2 heterocycles. The van der Waals surface area contributed by atoms with Crippen molar-refractivity contribution < 1.29 is 9.53 Å². The van der Waals surface area contributed by atoms with Crippen LogP contribution in [0.25, 0.3) is 10.9 Å². The van der Waals surface area contributed by atoms with Crippen LogP contribution in [0, 0.1) is 0 Å². The first-order valence-electron chi connectivity index (χ1n) is 9.45. The van der Waals surface area contributed by atoms with Gasteiger partial charge in [0.2, 0.25) is 5.91 Å². The molecule has 0 saturated carbocycles. The number of fused-ring (bicyclic) bond motifs is 1. The first-order valence-corrected chi connectivity index (χ1v) is 9.45. The number of carbonyl (C=O) groups excluding carboxylic acids is 1. The van der Waals surface area contributed by atoms with Gasteiger partial charge in [0.05, 0.1) is 7.11 Å². The van der Waals surface area contributed by atoms with E-state index >= 15 is 0 Å². The Balaban J connectivity index is 1.32. The van der Waals surface area contributed by atoms with Gasteiger partial charge >= 0.3 is 0 Å². The van der Waals surface area contributed by atoms with E-state index < -0.39 is 0 Å². The first kappa shape index (κ1) is 17.5. The van der Waals surface area contributed by atoms with E-state index in [9.17, 15) is 4.79 Å². The summed E-state index contributed by atoms with van der Waals surface area (Å²) in [5.74, 6) is 1.10. The minimum atomic E-state index is 0.234. The number of amides is 1. The van der Waals surface area contributed by atoms with E-state index in [1.54, 1.807) is 7.11 Å². The number of aromatic nitrogens is 1. The fourth-order valence-corrected chi connectivity index (χ4v) is 3.73. The molecule has 140 valence electrons. The molecule has 5 nitrogen and oxygen atoms in total. The Morgan fingerprint density at radius 1 is 1.00 bits per heavy atom. The number of ether oxygens (including phenoxy) is 1. The molecule has 4 rings (SSSR count). The molecule has 0 N–H and O–H groups in total. The van der Waals surface area contributed by atoms with Crippen molar-refractivity contribution in [3.8, 4) is 5.75 Å². The Kier molecular flexibility index (Phi) is 5.01. The molecule has 0 unspecified atom stereocenters. The van der Waals surface area contributed by atoms with Gasteiger partial charge in [0, 0.05) is 62.6 Å². The van der Waals surface area contributed by atoms with Gasteiger partial charge in [-0.05, 0) is 29.7 Å². The van der Waals surface area contributed by atoms with Gasteiger partial charge in [-0.2, -0.15) is 0 Å². The zero-order chi connectivity index (χ0) is 18.6. The minimum absolute atomic E-state index is 0.234.